The van der Waals surface area contributed by atoms with Crippen molar-refractivity contribution in [3.63, 3.8) is 0 Å². The molecule has 0 unspecified atom stereocenters. The molecule has 0 fully saturated rings. The summed E-state index contributed by atoms with van der Waals surface area (Å²) in [6.45, 7) is 0.712. The van der Waals surface area contributed by atoms with Crippen LogP contribution in [0.15, 0.2) is 24.3 Å². The fraction of sp³-hybridized carbons (Fsp3) is 0.333. The normalized spacial score (nSPS) is 10.1. The van der Waals surface area contributed by atoms with Crippen molar-refractivity contribution in [2.24, 2.45) is 5.73 Å². The molecule has 2 nitrogen and oxygen atoms in total. The average Bonchev–Trinajstić information content (AvgIpc) is 2.05. The lowest BCUT2D eigenvalue weighted by atomic mass is 10.2. The molecule has 0 bridgehead atoms. The number of phenols is 1. The Morgan fingerprint density at radius 1 is 1.42 bits per heavy atom. The number of thioether (sulfide) groups is 1. The van der Waals surface area contributed by atoms with E-state index in [1.54, 1.807) is 23.9 Å². The molecular formula is C9H13NOS. The Labute approximate surface area is 76.8 Å². The van der Waals surface area contributed by atoms with E-state index in [2.05, 4.69) is 0 Å². The lowest BCUT2D eigenvalue weighted by Crippen LogP contribution is -2.01. The van der Waals surface area contributed by atoms with Gasteiger partial charge >= 0.3 is 0 Å². The number of rotatable bonds is 4. The predicted molar refractivity (Wildman–Crippen MR) is 53.3 cm³/mol. The van der Waals surface area contributed by atoms with Crippen LogP contribution in [0.25, 0.3) is 0 Å². The van der Waals surface area contributed by atoms with E-state index in [-0.39, 0.29) is 0 Å². The quantitative estimate of drug-likeness (QED) is 0.697. The zero-order chi connectivity index (χ0) is 8.81. The Morgan fingerprint density at radius 2 is 2.25 bits per heavy atom. The lowest BCUT2D eigenvalue weighted by Gasteiger charge is -2.00. The van der Waals surface area contributed by atoms with Gasteiger partial charge in [0, 0.05) is 18.1 Å². The van der Waals surface area contributed by atoms with E-state index in [9.17, 15) is 0 Å². The maximum atomic E-state index is 9.14. The number of hydrogen-bond acceptors (Lipinski definition) is 3. The van der Waals surface area contributed by atoms with Gasteiger partial charge in [-0.2, -0.15) is 11.8 Å². The van der Waals surface area contributed by atoms with E-state index >= 15 is 0 Å². The third-order valence-corrected chi connectivity index (χ3v) is 2.50. The molecule has 0 spiro atoms. The summed E-state index contributed by atoms with van der Waals surface area (Å²) in [5.74, 6) is 2.22. The molecule has 3 N–H and O–H groups in total. The summed E-state index contributed by atoms with van der Waals surface area (Å²) in [6, 6.07) is 7.32. The van der Waals surface area contributed by atoms with Crippen molar-refractivity contribution < 1.29 is 5.11 Å². The summed E-state index contributed by atoms with van der Waals surface area (Å²) in [5, 5.41) is 9.14. The number of nitrogens with two attached hydrogens (primary N) is 1. The van der Waals surface area contributed by atoms with Gasteiger partial charge < -0.3 is 10.8 Å². The Kier molecular flexibility index (Phi) is 3.97. The third-order valence-electron chi connectivity index (χ3n) is 1.44. The molecule has 0 saturated carbocycles. The molecule has 0 saturated heterocycles. The predicted octanol–water partition coefficient (Wildman–Crippen LogP) is 1.58. The Bertz CT molecular complexity index is 240. The molecule has 0 amide bonds. The number of phenolic OH excluding ortho intramolecular Hbond substituents is 1. The Morgan fingerprint density at radius 3 is 2.92 bits per heavy atom. The van der Waals surface area contributed by atoms with Crippen molar-refractivity contribution in [3.8, 4) is 5.75 Å². The van der Waals surface area contributed by atoms with E-state index in [4.69, 9.17) is 10.8 Å². The van der Waals surface area contributed by atoms with Crippen LogP contribution in [0.1, 0.15) is 5.56 Å². The maximum absolute atomic E-state index is 9.14. The second kappa shape index (κ2) is 5.06. The topological polar surface area (TPSA) is 46.2 Å². The average molecular weight is 183 g/mol. The first kappa shape index (κ1) is 9.42. The fourth-order valence-corrected chi connectivity index (χ4v) is 1.65. The summed E-state index contributed by atoms with van der Waals surface area (Å²) in [6.07, 6.45) is 0. The zero-order valence-corrected chi connectivity index (χ0v) is 7.68. The molecule has 3 heteroatoms. The van der Waals surface area contributed by atoms with Gasteiger partial charge in [0.15, 0.2) is 0 Å². The van der Waals surface area contributed by atoms with Crippen LogP contribution in [0.5, 0.6) is 5.75 Å². The molecule has 0 heterocycles. The lowest BCUT2D eigenvalue weighted by molar-refractivity contribution is 0.475. The summed E-state index contributed by atoms with van der Waals surface area (Å²) in [7, 11) is 0. The van der Waals surface area contributed by atoms with Crippen LogP contribution < -0.4 is 5.73 Å². The van der Waals surface area contributed by atoms with Crippen LogP contribution in [-0.4, -0.2) is 17.4 Å². The molecule has 66 valence electrons. The standard InChI is InChI=1S/C9H13NOS/c10-4-5-12-7-8-2-1-3-9(11)6-8/h1-3,6,11H,4-5,7,10H2. The minimum atomic E-state index is 0.334. The van der Waals surface area contributed by atoms with Crippen molar-refractivity contribution in [2.75, 3.05) is 12.3 Å². The minimum absolute atomic E-state index is 0.334. The highest BCUT2D eigenvalue weighted by Crippen LogP contribution is 2.16. The van der Waals surface area contributed by atoms with Crippen LogP contribution in [-0.2, 0) is 5.75 Å². The van der Waals surface area contributed by atoms with Gasteiger partial charge in [-0.25, -0.2) is 0 Å². The van der Waals surface area contributed by atoms with E-state index < -0.39 is 0 Å². The van der Waals surface area contributed by atoms with E-state index in [0.717, 1.165) is 17.1 Å². The number of aromatic hydroxyl groups is 1. The first-order valence-electron chi connectivity index (χ1n) is 3.88. The van der Waals surface area contributed by atoms with Crippen LogP contribution >= 0.6 is 11.8 Å². The van der Waals surface area contributed by atoms with Crippen molar-refractivity contribution in [1.82, 2.24) is 0 Å². The molecule has 0 atom stereocenters. The van der Waals surface area contributed by atoms with E-state index in [1.807, 2.05) is 12.1 Å². The smallest absolute Gasteiger partial charge is 0.115 e. The van der Waals surface area contributed by atoms with Crippen molar-refractivity contribution in [3.05, 3.63) is 29.8 Å². The highest BCUT2D eigenvalue weighted by Gasteiger charge is 1.93. The van der Waals surface area contributed by atoms with Crippen molar-refractivity contribution in [2.45, 2.75) is 5.75 Å². The van der Waals surface area contributed by atoms with Crippen LogP contribution in [0, 0.1) is 0 Å². The molecule has 0 aliphatic carbocycles. The molecular weight excluding hydrogens is 170 g/mol. The first-order chi connectivity index (χ1) is 5.83. The third kappa shape index (κ3) is 3.15. The van der Waals surface area contributed by atoms with Gasteiger partial charge in [0.1, 0.15) is 5.75 Å². The SMILES string of the molecule is NCCSCc1cccc(O)c1. The summed E-state index contributed by atoms with van der Waals surface area (Å²) < 4.78 is 0. The van der Waals surface area contributed by atoms with Gasteiger partial charge in [-0.3, -0.25) is 0 Å². The highest BCUT2D eigenvalue weighted by molar-refractivity contribution is 7.98. The van der Waals surface area contributed by atoms with Gasteiger partial charge in [-0.1, -0.05) is 12.1 Å². The molecule has 12 heavy (non-hydrogen) atoms. The summed E-state index contributed by atoms with van der Waals surface area (Å²) in [5.41, 5.74) is 6.50. The van der Waals surface area contributed by atoms with Crippen LogP contribution in [0.2, 0.25) is 0 Å². The molecule has 1 aromatic carbocycles. The Hall–Kier alpha value is -0.670. The minimum Gasteiger partial charge on any atom is -0.508 e. The van der Waals surface area contributed by atoms with E-state index in [1.165, 1.54) is 0 Å². The van der Waals surface area contributed by atoms with Crippen molar-refractivity contribution >= 4 is 11.8 Å². The maximum Gasteiger partial charge on any atom is 0.115 e. The molecule has 0 aliphatic heterocycles. The van der Waals surface area contributed by atoms with Gasteiger partial charge in [-0.15, -0.1) is 0 Å². The molecule has 1 rings (SSSR count). The summed E-state index contributed by atoms with van der Waals surface area (Å²) >= 11 is 1.78. The first-order valence-corrected chi connectivity index (χ1v) is 5.04. The van der Waals surface area contributed by atoms with E-state index in [0.29, 0.717) is 12.3 Å². The highest BCUT2D eigenvalue weighted by atomic mass is 32.2. The van der Waals surface area contributed by atoms with Gasteiger partial charge in [0.05, 0.1) is 0 Å². The summed E-state index contributed by atoms with van der Waals surface area (Å²) in [4.78, 5) is 0. The van der Waals surface area contributed by atoms with Gasteiger partial charge in [0.2, 0.25) is 0 Å². The van der Waals surface area contributed by atoms with Crippen molar-refractivity contribution in [1.29, 1.82) is 0 Å². The molecule has 0 aliphatic rings. The number of hydrogen-bond donors (Lipinski definition) is 2. The van der Waals surface area contributed by atoms with Crippen LogP contribution in [0.3, 0.4) is 0 Å². The zero-order valence-electron chi connectivity index (χ0n) is 6.86. The second-order valence-corrected chi connectivity index (χ2v) is 3.62. The Balaban J connectivity index is 2.41. The monoisotopic (exact) mass is 183 g/mol. The fourth-order valence-electron chi connectivity index (χ4n) is 0.920. The number of benzene rings is 1. The largest absolute Gasteiger partial charge is 0.508 e. The van der Waals surface area contributed by atoms with Gasteiger partial charge in [-0.05, 0) is 17.7 Å². The van der Waals surface area contributed by atoms with Crippen LogP contribution in [0.4, 0.5) is 0 Å². The second-order valence-electron chi connectivity index (χ2n) is 2.51. The van der Waals surface area contributed by atoms with Gasteiger partial charge in [0.25, 0.3) is 0 Å². The molecule has 1 aromatic rings. The molecule has 0 radical (unpaired) electrons. The molecule has 0 aromatic heterocycles.